The first kappa shape index (κ1) is 19.5. The summed E-state index contributed by atoms with van der Waals surface area (Å²) < 4.78 is 7.57. The van der Waals surface area contributed by atoms with Crippen LogP contribution in [0.25, 0.3) is 21.5 Å². The summed E-state index contributed by atoms with van der Waals surface area (Å²) in [4.78, 5) is 22.8. The smallest absolute Gasteiger partial charge is 0.262 e. The first-order chi connectivity index (χ1) is 14.8. The molecule has 0 spiro atoms. The fourth-order valence-corrected chi connectivity index (χ4v) is 5.47. The number of fused-ring (bicyclic) bond motifs is 1. The maximum atomic E-state index is 13.2. The molecule has 2 aromatic carbocycles. The maximum absolute atomic E-state index is 13.2. The lowest BCUT2D eigenvalue weighted by atomic mass is 10.2. The van der Waals surface area contributed by atoms with Crippen LogP contribution in [0.5, 0.6) is 0 Å². The van der Waals surface area contributed by atoms with Gasteiger partial charge in [0.1, 0.15) is 5.01 Å². The van der Waals surface area contributed by atoms with E-state index in [1.165, 1.54) is 0 Å². The highest BCUT2D eigenvalue weighted by Crippen LogP contribution is 2.28. The van der Waals surface area contributed by atoms with Gasteiger partial charge in [0.25, 0.3) is 5.56 Å². The predicted molar refractivity (Wildman–Crippen MR) is 122 cm³/mol. The minimum atomic E-state index is 0.00172. The van der Waals surface area contributed by atoms with Crippen molar-refractivity contribution in [3.8, 4) is 10.6 Å². The average Bonchev–Trinajstić information content (AvgIpc) is 3.47. The number of para-hydroxylation sites is 1. The Bertz CT molecular complexity index is 1210. The lowest BCUT2D eigenvalue weighted by molar-refractivity contribution is 0.0937. The van der Waals surface area contributed by atoms with Crippen molar-refractivity contribution >= 4 is 34.0 Å². The van der Waals surface area contributed by atoms with E-state index in [2.05, 4.69) is 17.5 Å². The van der Waals surface area contributed by atoms with E-state index < -0.39 is 0 Å². The normalized spacial score (nSPS) is 16.3. The molecule has 0 radical (unpaired) electrons. The molecule has 1 fully saturated rings. The third-order valence-corrected chi connectivity index (χ3v) is 7.11. The van der Waals surface area contributed by atoms with Crippen molar-refractivity contribution in [2.24, 2.45) is 0 Å². The Morgan fingerprint density at radius 2 is 1.93 bits per heavy atom. The molecular formula is C23H21N3O2S2. The van der Waals surface area contributed by atoms with Crippen LogP contribution in [0.15, 0.2) is 69.9 Å². The Labute approximate surface area is 182 Å². The van der Waals surface area contributed by atoms with Gasteiger partial charge in [-0.05, 0) is 25.0 Å². The molecule has 0 bridgehead atoms. The van der Waals surface area contributed by atoms with Crippen molar-refractivity contribution in [1.29, 1.82) is 0 Å². The molecule has 152 valence electrons. The van der Waals surface area contributed by atoms with Gasteiger partial charge in [-0.15, -0.1) is 11.3 Å². The van der Waals surface area contributed by atoms with Gasteiger partial charge in [0.2, 0.25) is 0 Å². The quantitative estimate of drug-likeness (QED) is 0.315. The Hall–Kier alpha value is -2.48. The summed E-state index contributed by atoms with van der Waals surface area (Å²) in [5, 5.41) is 4.47. The van der Waals surface area contributed by atoms with Gasteiger partial charge < -0.3 is 4.74 Å². The Balaban J connectivity index is 1.43. The highest BCUT2D eigenvalue weighted by atomic mass is 32.2. The number of ether oxygens (including phenoxy) is 1. The fourth-order valence-electron chi connectivity index (χ4n) is 3.64. The number of aromatic nitrogens is 3. The van der Waals surface area contributed by atoms with Gasteiger partial charge in [0.05, 0.1) is 29.2 Å². The summed E-state index contributed by atoms with van der Waals surface area (Å²) >= 11 is 3.20. The van der Waals surface area contributed by atoms with Gasteiger partial charge in [-0.2, -0.15) is 0 Å². The van der Waals surface area contributed by atoms with Gasteiger partial charge in [-0.25, -0.2) is 9.97 Å². The molecule has 1 atom stereocenters. The zero-order chi connectivity index (χ0) is 20.3. The van der Waals surface area contributed by atoms with Crippen LogP contribution in [-0.4, -0.2) is 27.2 Å². The van der Waals surface area contributed by atoms with Crippen molar-refractivity contribution in [2.75, 3.05) is 6.61 Å². The summed E-state index contributed by atoms with van der Waals surface area (Å²) in [6, 6.07) is 17.7. The zero-order valence-corrected chi connectivity index (χ0v) is 18.0. The van der Waals surface area contributed by atoms with Crippen molar-refractivity contribution in [2.45, 2.75) is 36.4 Å². The van der Waals surface area contributed by atoms with Crippen LogP contribution in [-0.2, 0) is 17.0 Å². The summed E-state index contributed by atoms with van der Waals surface area (Å²) in [6.45, 7) is 1.31. The second kappa shape index (κ2) is 8.71. The molecule has 0 amide bonds. The van der Waals surface area contributed by atoms with Gasteiger partial charge >= 0.3 is 0 Å². The summed E-state index contributed by atoms with van der Waals surface area (Å²) in [6.07, 6.45) is 2.11. The van der Waals surface area contributed by atoms with Crippen molar-refractivity contribution in [3.63, 3.8) is 0 Å². The molecule has 3 heterocycles. The lowest BCUT2D eigenvalue weighted by Crippen LogP contribution is -2.28. The molecule has 7 heteroatoms. The molecule has 5 rings (SSSR count). The van der Waals surface area contributed by atoms with Gasteiger partial charge in [-0.3, -0.25) is 9.36 Å². The monoisotopic (exact) mass is 435 g/mol. The third-order valence-electron chi connectivity index (χ3n) is 5.16. The molecule has 1 aliphatic heterocycles. The largest absolute Gasteiger partial charge is 0.376 e. The molecule has 1 unspecified atom stereocenters. The molecule has 0 saturated carbocycles. The first-order valence-corrected chi connectivity index (χ1v) is 11.9. The van der Waals surface area contributed by atoms with Crippen molar-refractivity contribution in [1.82, 2.24) is 14.5 Å². The number of hydrogen-bond acceptors (Lipinski definition) is 6. The van der Waals surface area contributed by atoms with Gasteiger partial charge in [-0.1, -0.05) is 54.2 Å². The number of hydrogen-bond donors (Lipinski definition) is 0. The van der Waals surface area contributed by atoms with Crippen molar-refractivity contribution < 1.29 is 4.74 Å². The predicted octanol–water partition coefficient (Wildman–Crippen LogP) is 4.99. The third kappa shape index (κ3) is 4.05. The number of benzene rings is 2. The molecule has 1 aliphatic rings. The maximum Gasteiger partial charge on any atom is 0.262 e. The van der Waals surface area contributed by atoms with Crippen LogP contribution in [0.2, 0.25) is 0 Å². The summed E-state index contributed by atoms with van der Waals surface area (Å²) in [5.41, 5.74) is 2.85. The average molecular weight is 436 g/mol. The van der Waals surface area contributed by atoms with E-state index in [4.69, 9.17) is 14.7 Å². The minimum absolute atomic E-state index is 0.00172. The number of thiazole rings is 1. The number of nitrogens with zero attached hydrogens (tertiary/aromatic N) is 3. The van der Waals surface area contributed by atoms with E-state index in [9.17, 15) is 4.79 Å². The Kier molecular flexibility index (Phi) is 5.66. The molecule has 5 nitrogen and oxygen atoms in total. The van der Waals surface area contributed by atoms with E-state index in [0.29, 0.717) is 17.7 Å². The highest BCUT2D eigenvalue weighted by molar-refractivity contribution is 7.98. The summed E-state index contributed by atoms with van der Waals surface area (Å²) in [5.74, 6) is 0.666. The van der Waals surface area contributed by atoms with E-state index in [-0.39, 0.29) is 11.7 Å². The van der Waals surface area contributed by atoms with Crippen LogP contribution >= 0.6 is 23.1 Å². The second-order valence-electron chi connectivity index (χ2n) is 7.26. The molecule has 30 heavy (non-hydrogen) atoms. The van der Waals surface area contributed by atoms with E-state index in [1.807, 2.05) is 42.5 Å². The second-order valence-corrected chi connectivity index (χ2v) is 9.06. The standard InChI is InChI=1S/C23H21N3O2S2/c27-22-19-10-4-5-11-20(19)25-23(26(22)13-18-9-6-12-28-18)30-15-17-14-29-21(24-17)16-7-2-1-3-8-16/h1-5,7-8,10-11,14,18H,6,9,12-13,15H2. The molecule has 0 aliphatic carbocycles. The molecule has 4 aromatic rings. The first-order valence-electron chi connectivity index (χ1n) is 10.0. The Morgan fingerprint density at radius 3 is 2.77 bits per heavy atom. The molecule has 2 aromatic heterocycles. The molecular weight excluding hydrogens is 414 g/mol. The van der Waals surface area contributed by atoms with Crippen molar-refractivity contribution in [3.05, 3.63) is 76.0 Å². The molecule has 0 N–H and O–H groups in total. The van der Waals surface area contributed by atoms with Gasteiger partial charge in [0.15, 0.2) is 5.16 Å². The van der Waals surface area contributed by atoms with E-state index >= 15 is 0 Å². The van der Waals surface area contributed by atoms with Crippen LogP contribution in [0.4, 0.5) is 0 Å². The number of rotatable bonds is 6. The highest BCUT2D eigenvalue weighted by Gasteiger charge is 2.20. The topological polar surface area (TPSA) is 57.0 Å². The van der Waals surface area contributed by atoms with E-state index in [1.54, 1.807) is 27.7 Å². The summed E-state index contributed by atoms with van der Waals surface area (Å²) in [7, 11) is 0. The zero-order valence-electron chi connectivity index (χ0n) is 16.4. The van der Waals surface area contributed by atoms with Crippen LogP contribution in [0, 0.1) is 0 Å². The Morgan fingerprint density at radius 1 is 1.10 bits per heavy atom. The molecule has 1 saturated heterocycles. The van der Waals surface area contributed by atoms with Crippen LogP contribution < -0.4 is 5.56 Å². The van der Waals surface area contributed by atoms with Gasteiger partial charge in [0, 0.05) is 23.3 Å². The van der Waals surface area contributed by atoms with Crippen LogP contribution in [0.1, 0.15) is 18.5 Å². The SMILES string of the molecule is O=c1c2ccccc2nc(SCc2csc(-c3ccccc3)n2)n1CC1CCCO1. The fraction of sp³-hybridized carbons (Fsp3) is 0.261. The van der Waals surface area contributed by atoms with E-state index in [0.717, 1.165) is 46.4 Å². The lowest BCUT2D eigenvalue weighted by Gasteiger charge is -2.16. The minimum Gasteiger partial charge on any atom is -0.376 e. The van der Waals surface area contributed by atoms with Crippen LogP contribution in [0.3, 0.4) is 0 Å². The number of thioether (sulfide) groups is 1.